The Kier molecular flexibility index (Phi) is 5.99. The number of nitro groups is 1. The fraction of sp³-hybridized carbons (Fsp3) is 0.136. The van der Waals surface area contributed by atoms with Crippen molar-refractivity contribution >= 4 is 21.4 Å². The molecule has 1 N–H and O–H groups in total. The SMILES string of the molecule is Cc1nc(Oc2ccc(NS(=O)(=O)c3cccc([N+](=O)[O-])c3)cc2)cc(-n2cnc(C)c2C)n1. The van der Waals surface area contributed by atoms with E-state index in [4.69, 9.17) is 4.74 Å². The molecule has 0 aliphatic rings. The lowest BCUT2D eigenvalue weighted by Gasteiger charge is -2.11. The summed E-state index contributed by atoms with van der Waals surface area (Å²) in [5.41, 5.74) is 1.79. The maximum absolute atomic E-state index is 12.6. The van der Waals surface area contributed by atoms with Crippen LogP contribution in [0.2, 0.25) is 0 Å². The zero-order valence-electron chi connectivity index (χ0n) is 18.5. The molecule has 174 valence electrons. The van der Waals surface area contributed by atoms with Crippen LogP contribution in [0.25, 0.3) is 5.82 Å². The number of ether oxygens (including phenoxy) is 1. The number of non-ortho nitro benzene ring substituents is 1. The summed E-state index contributed by atoms with van der Waals surface area (Å²) in [6.45, 7) is 5.60. The van der Waals surface area contributed by atoms with Crippen LogP contribution in [-0.2, 0) is 10.0 Å². The van der Waals surface area contributed by atoms with Crippen LogP contribution >= 0.6 is 0 Å². The molecule has 0 radical (unpaired) electrons. The number of aryl methyl sites for hydroxylation is 2. The Hall–Kier alpha value is -4.32. The molecule has 12 heteroatoms. The lowest BCUT2D eigenvalue weighted by Crippen LogP contribution is -2.13. The van der Waals surface area contributed by atoms with Crippen molar-refractivity contribution in [3.63, 3.8) is 0 Å². The van der Waals surface area contributed by atoms with E-state index in [2.05, 4.69) is 19.7 Å². The fourth-order valence-corrected chi connectivity index (χ4v) is 4.22. The summed E-state index contributed by atoms with van der Waals surface area (Å²) in [7, 11) is -4.01. The van der Waals surface area contributed by atoms with Crippen LogP contribution in [-0.4, -0.2) is 32.9 Å². The maximum atomic E-state index is 12.6. The van der Waals surface area contributed by atoms with Crippen molar-refractivity contribution in [2.45, 2.75) is 25.7 Å². The molecule has 34 heavy (non-hydrogen) atoms. The van der Waals surface area contributed by atoms with Crippen molar-refractivity contribution in [1.29, 1.82) is 0 Å². The Morgan fingerprint density at radius 1 is 1.03 bits per heavy atom. The van der Waals surface area contributed by atoms with Gasteiger partial charge in [0.15, 0.2) is 0 Å². The van der Waals surface area contributed by atoms with Crippen LogP contribution in [0.5, 0.6) is 11.6 Å². The van der Waals surface area contributed by atoms with E-state index < -0.39 is 14.9 Å². The molecule has 0 amide bonds. The topological polar surface area (TPSA) is 142 Å². The summed E-state index contributed by atoms with van der Waals surface area (Å²) >= 11 is 0. The molecule has 0 saturated heterocycles. The quantitative estimate of drug-likeness (QED) is 0.308. The van der Waals surface area contributed by atoms with Gasteiger partial charge in [-0.05, 0) is 51.1 Å². The molecule has 0 spiro atoms. The van der Waals surface area contributed by atoms with Crippen LogP contribution < -0.4 is 9.46 Å². The van der Waals surface area contributed by atoms with Gasteiger partial charge in [-0.15, -0.1) is 0 Å². The van der Waals surface area contributed by atoms with Gasteiger partial charge in [0.25, 0.3) is 15.7 Å². The summed E-state index contributed by atoms with van der Waals surface area (Å²) in [5, 5.41) is 10.9. The third kappa shape index (κ3) is 4.86. The Balaban J connectivity index is 1.52. The van der Waals surface area contributed by atoms with Crippen LogP contribution in [0.4, 0.5) is 11.4 Å². The highest BCUT2D eigenvalue weighted by atomic mass is 32.2. The number of hydrogen-bond acceptors (Lipinski definition) is 8. The van der Waals surface area contributed by atoms with Crippen molar-refractivity contribution in [2.24, 2.45) is 0 Å². The Morgan fingerprint density at radius 2 is 1.76 bits per heavy atom. The number of hydrogen-bond donors (Lipinski definition) is 1. The minimum Gasteiger partial charge on any atom is -0.439 e. The van der Waals surface area contributed by atoms with Crippen molar-refractivity contribution in [3.8, 4) is 17.4 Å². The molecule has 2 aromatic carbocycles. The summed E-state index contributed by atoms with van der Waals surface area (Å²) in [4.78, 5) is 23.1. The largest absolute Gasteiger partial charge is 0.439 e. The summed E-state index contributed by atoms with van der Waals surface area (Å²) in [5.74, 6) is 1.88. The van der Waals surface area contributed by atoms with Gasteiger partial charge in [0.1, 0.15) is 23.7 Å². The van der Waals surface area contributed by atoms with Gasteiger partial charge in [-0.1, -0.05) is 6.07 Å². The number of benzene rings is 2. The standard InChI is InChI=1S/C22H20N6O5S/c1-14-15(2)27(13-23-14)21-12-22(25-16(3)24-21)33-19-9-7-17(8-10-19)26-34(31,32)20-6-4-5-18(11-20)28(29)30/h4-13,26H,1-3H3. The van der Waals surface area contributed by atoms with Gasteiger partial charge < -0.3 is 4.74 Å². The van der Waals surface area contributed by atoms with E-state index in [0.717, 1.165) is 17.5 Å². The summed E-state index contributed by atoms with van der Waals surface area (Å²) in [6, 6.07) is 12.7. The minimum absolute atomic E-state index is 0.212. The second kappa shape index (κ2) is 8.90. The second-order valence-electron chi connectivity index (χ2n) is 7.38. The second-order valence-corrected chi connectivity index (χ2v) is 9.07. The molecule has 11 nitrogen and oxygen atoms in total. The van der Waals surface area contributed by atoms with E-state index in [1.165, 1.54) is 30.3 Å². The van der Waals surface area contributed by atoms with Crippen LogP contribution in [0.15, 0.2) is 65.8 Å². The van der Waals surface area contributed by atoms with Crippen LogP contribution in [0.1, 0.15) is 17.2 Å². The first-order valence-electron chi connectivity index (χ1n) is 10.0. The molecule has 4 rings (SSSR count). The number of nitrogens with zero attached hydrogens (tertiary/aromatic N) is 5. The van der Waals surface area contributed by atoms with Gasteiger partial charge in [-0.25, -0.2) is 18.4 Å². The van der Waals surface area contributed by atoms with Crippen molar-refractivity contribution in [3.05, 3.63) is 88.3 Å². The lowest BCUT2D eigenvalue weighted by atomic mass is 10.3. The highest BCUT2D eigenvalue weighted by molar-refractivity contribution is 7.92. The predicted octanol–water partition coefficient (Wildman–Crippen LogP) is 4.09. The lowest BCUT2D eigenvalue weighted by molar-refractivity contribution is -0.385. The zero-order valence-corrected chi connectivity index (χ0v) is 19.3. The molecule has 0 atom stereocenters. The first-order chi connectivity index (χ1) is 16.1. The molecule has 0 aliphatic carbocycles. The number of imidazole rings is 1. The predicted molar refractivity (Wildman–Crippen MR) is 124 cm³/mol. The first kappa shape index (κ1) is 22.9. The average Bonchev–Trinajstić information content (AvgIpc) is 3.13. The van der Waals surface area contributed by atoms with Gasteiger partial charge in [-0.3, -0.25) is 19.4 Å². The molecular formula is C22H20N6O5S. The van der Waals surface area contributed by atoms with Gasteiger partial charge in [0.2, 0.25) is 5.88 Å². The fourth-order valence-electron chi connectivity index (χ4n) is 3.12. The number of anilines is 1. The molecule has 0 aliphatic heterocycles. The highest BCUT2D eigenvalue weighted by Gasteiger charge is 2.18. The van der Waals surface area contributed by atoms with Crippen molar-refractivity contribution in [1.82, 2.24) is 19.5 Å². The van der Waals surface area contributed by atoms with Gasteiger partial charge in [-0.2, -0.15) is 4.98 Å². The van der Waals surface area contributed by atoms with Gasteiger partial charge >= 0.3 is 0 Å². The van der Waals surface area contributed by atoms with Crippen LogP contribution in [0.3, 0.4) is 0 Å². The molecule has 0 saturated carbocycles. The minimum atomic E-state index is -4.01. The number of nitro benzene ring substituents is 1. The molecular weight excluding hydrogens is 460 g/mol. The van der Waals surface area contributed by atoms with E-state index in [1.807, 2.05) is 18.4 Å². The number of sulfonamides is 1. The molecule has 0 bridgehead atoms. The smallest absolute Gasteiger partial charge is 0.270 e. The monoisotopic (exact) mass is 480 g/mol. The van der Waals surface area contributed by atoms with Crippen LogP contribution in [0, 0.1) is 30.9 Å². The van der Waals surface area contributed by atoms with E-state index in [-0.39, 0.29) is 16.3 Å². The van der Waals surface area contributed by atoms with Crippen molar-refractivity contribution < 1.29 is 18.1 Å². The van der Waals surface area contributed by atoms with Gasteiger partial charge in [0, 0.05) is 29.6 Å². The normalized spacial score (nSPS) is 11.3. The Bertz CT molecular complexity index is 1480. The van der Waals surface area contributed by atoms with Gasteiger partial charge in [0.05, 0.1) is 15.5 Å². The first-order valence-corrected chi connectivity index (χ1v) is 11.5. The summed E-state index contributed by atoms with van der Waals surface area (Å²) in [6.07, 6.45) is 1.68. The summed E-state index contributed by atoms with van der Waals surface area (Å²) < 4.78 is 35.3. The third-order valence-electron chi connectivity index (χ3n) is 4.97. The van der Waals surface area contributed by atoms with E-state index in [1.54, 1.807) is 31.5 Å². The van der Waals surface area contributed by atoms with E-state index in [0.29, 0.717) is 23.3 Å². The molecule has 0 fully saturated rings. The third-order valence-corrected chi connectivity index (χ3v) is 6.35. The Morgan fingerprint density at radius 3 is 2.41 bits per heavy atom. The zero-order chi connectivity index (χ0) is 24.5. The molecule has 0 unspecified atom stereocenters. The number of rotatable bonds is 7. The average molecular weight is 481 g/mol. The maximum Gasteiger partial charge on any atom is 0.270 e. The Labute approximate surface area is 195 Å². The number of nitrogens with one attached hydrogen (secondary N) is 1. The molecule has 2 heterocycles. The number of aromatic nitrogens is 4. The van der Waals surface area contributed by atoms with E-state index in [9.17, 15) is 18.5 Å². The van der Waals surface area contributed by atoms with Crippen molar-refractivity contribution in [2.75, 3.05) is 4.72 Å². The van der Waals surface area contributed by atoms with E-state index >= 15 is 0 Å². The molecule has 2 aromatic heterocycles. The highest BCUT2D eigenvalue weighted by Crippen LogP contribution is 2.25. The molecule has 4 aromatic rings.